The van der Waals surface area contributed by atoms with Crippen molar-refractivity contribution in [1.82, 2.24) is 14.7 Å². The van der Waals surface area contributed by atoms with E-state index in [0.717, 1.165) is 28.9 Å². The lowest BCUT2D eigenvalue weighted by Gasteiger charge is -2.31. The summed E-state index contributed by atoms with van der Waals surface area (Å²) in [4.78, 5) is 14.2. The number of anilines is 1. The van der Waals surface area contributed by atoms with Gasteiger partial charge in [0.25, 0.3) is 5.56 Å². The fraction of sp³-hybridized carbons (Fsp3) is 0.381. The summed E-state index contributed by atoms with van der Waals surface area (Å²) in [5.41, 5.74) is 3.37. The zero-order chi connectivity index (χ0) is 20.7. The predicted molar refractivity (Wildman–Crippen MR) is 113 cm³/mol. The molecule has 1 aromatic heterocycles. The zero-order valence-corrected chi connectivity index (χ0v) is 17.5. The van der Waals surface area contributed by atoms with Crippen LogP contribution < -0.4 is 10.9 Å². The van der Waals surface area contributed by atoms with Crippen molar-refractivity contribution in [1.29, 1.82) is 5.26 Å². The third-order valence-corrected chi connectivity index (χ3v) is 4.81. The Morgan fingerprint density at radius 3 is 2.57 bits per heavy atom. The SMILES string of the molecule is CC.CN1C=C(Nc2cnn(C)c(=O)c2C#N)C[C@H](c2ccc(CCl)cc2)C1. The van der Waals surface area contributed by atoms with Gasteiger partial charge in [-0.05, 0) is 17.5 Å². The Labute approximate surface area is 171 Å². The van der Waals surface area contributed by atoms with Gasteiger partial charge in [-0.2, -0.15) is 10.4 Å². The first-order valence-electron chi connectivity index (χ1n) is 9.31. The second-order valence-corrected chi connectivity index (χ2v) is 6.74. The van der Waals surface area contributed by atoms with Crippen molar-refractivity contribution in [2.45, 2.75) is 32.1 Å². The number of allylic oxidation sites excluding steroid dienone is 1. The van der Waals surface area contributed by atoms with Crippen molar-refractivity contribution in [2.24, 2.45) is 7.05 Å². The lowest BCUT2D eigenvalue weighted by Crippen LogP contribution is -2.28. The Balaban J connectivity index is 0.00000136. The van der Waals surface area contributed by atoms with Gasteiger partial charge in [-0.15, -0.1) is 11.6 Å². The zero-order valence-electron chi connectivity index (χ0n) is 16.7. The van der Waals surface area contributed by atoms with Crippen molar-refractivity contribution in [3.63, 3.8) is 0 Å². The minimum atomic E-state index is -0.407. The Morgan fingerprint density at radius 1 is 1.29 bits per heavy atom. The first kappa shape index (κ1) is 21.5. The molecular formula is C21H26ClN5O. The fourth-order valence-corrected chi connectivity index (χ4v) is 3.33. The third kappa shape index (κ3) is 4.93. The average molecular weight is 400 g/mol. The van der Waals surface area contributed by atoms with Crippen LogP contribution in [-0.4, -0.2) is 28.3 Å². The molecule has 3 rings (SSSR count). The summed E-state index contributed by atoms with van der Waals surface area (Å²) in [5.74, 6) is 0.812. The van der Waals surface area contributed by atoms with E-state index in [1.807, 2.05) is 45.3 Å². The molecule has 2 heterocycles. The molecule has 0 saturated carbocycles. The van der Waals surface area contributed by atoms with Gasteiger partial charge in [-0.3, -0.25) is 4.79 Å². The number of benzene rings is 1. The van der Waals surface area contributed by atoms with Crippen molar-refractivity contribution < 1.29 is 0 Å². The van der Waals surface area contributed by atoms with Crippen LogP contribution in [0.4, 0.5) is 5.69 Å². The number of halogens is 1. The van der Waals surface area contributed by atoms with E-state index in [-0.39, 0.29) is 5.56 Å². The number of likely N-dealkylation sites (N-methyl/N-ethyl adjacent to an activating group) is 1. The molecule has 28 heavy (non-hydrogen) atoms. The molecule has 1 aromatic carbocycles. The lowest BCUT2D eigenvalue weighted by atomic mass is 9.91. The van der Waals surface area contributed by atoms with Gasteiger partial charge in [0, 0.05) is 44.3 Å². The maximum absolute atomic E-state index is 12.1. The van der Waals surface area contributed by atoms with Gasteiger partial charge in [0.2, 0.25) is 0 Å². The normalized spacial score (nSPS) is 15.8. The van der Waals surface area contributed by atoms with Gasteiger partial charge in [-0.25, -0.2) is 4.68 Å². The molecule has 0 aliphatic carbocycles. The van der Waals surface area contributed by atoms with Gasteiger partial charge in [0.15, 0.2) is 0 Å². The van der Waals surface area contributed by atoms with Crippen LogP contribution in [-0.2, 0) is 12.9 Å². The third-order valence-electron chi connectivity index (χ3n) is 4.50. The number of aromatic nitrogens is 2. The van der Waals surface area contributed by atoms with Gasteiger partial charge in [-0.1, -0.05) is 38.1 Å². The summed E-state index contributed by atoms with van der Waals surface area (Å²) in [6.45, 7) is 4.89. The van der Waals surface area contributed by atoms with Gasteiger partial charge >= 0.3 is 0 Å². The Hall–Kier alpha value is -2.78. The van der Waals surface area contributed by atoms with Crippen LogP contribution in [0.15, 0.2) is 47.2 Å². The van der Waals surface area contributed by atoms with Crippen LogP contribution in [0.25, 0.3) is 0 Å². The molecule has 0 amide bonds. The topological polar surface area (TPSA) is 74.0 Å². The molecule has 0 bridgehead atoms. The fourth-order valence-electron chi connectivity index (χ4n) is 3.15. The number of hydrogen-bond acceptors (Lipinski definition) is 5. The minimum Gasteiger partial charge on any atom is -0.378 e. The van der Waals surface area contributed by atoms with Crippen LogP contribution in [0.3, 0.4) is 0 Å². The molecule has 0 saturated heterocycles. The highest BCUT2D eigenvalue weighted by molar-refractivity contribution is 6.17. The molecule has 1 atom stereocenters. The number of hydrogen-bond donors (Lipinski definition) is 1. The van der Waals surface area contributed by atoms with Gasteiger partial charge in [0.05, 0.1) is 11.9 Å². The average Bonchev–Trinajstić information content (AvgIpc) is 2.72. The number of aryl methyl sites for hydroxylation is 1. The van der Waals surface area contributed by atoms with E-state index in [4.69, 9.17) is 11.6 Å². The molecular weight excluding hydrogens is 374 g/mol. The molecule has 1 aliphatic rings. The summed E-state index contributed by atoms with van der Waals surface area (Å²) in [5, 5.41) is 16.5. The van der Waals surface area contributed by atoms with Crippen molar-refractivity contribution in [3.8, 4) is 6.07 Å². The van der Waals surface area contributed by atoms with Crippen LogP contribution >= 0.6 is 11.6 Å². The van der Waals surface area contributed by atoms with Gasteiger partial charge in [0.1, 0.15) is 11.6 Å². The highest BCUT2D eigenvalue weighted by atomic mass is 35.5. The summed E-state index contributed by atoms with van der Waals surface area (Å²) in [7, 11) is 3.54. The van der Waals surface area contributed by atoms with Crippen LogP contribution in [0, 0.1) is 11.3 Å². The summed E-state index contributed by atoms with van der Waals surface area (Å²) in [6, 6.07) is 10.3. The molecule has 0 radical (unpaired) electrons. The van der Waals surface area contributed by atoms with E-state index in [2.05, 4.69) is 27.4 Å². The van der Waals surface area contributed by atoms with E-state index in [1.54, 1.807) is 0 Å². The second-order valence-electron chi connectivity index (χ2n) is 6.47. The molecule has 0 fully saturated rings. The molecule has 0 unspecified atom stereocenters. The maximum atomic E-state index is 12.1. The van der Waals surface area contributed by atoms with E-state index in [0.29, 0.717) is 17.5 Å². The largest absolute Gasteiger partial charge is 0.378 e. The van der Waals surface area contributed by atoms with Crippen LogP contribution in [0.2, 0.25) is 0 Å². The van der Waals surface area contributed by atoms with E-state index < -0.39 is 5.56 Å². The first-order chi connectivity index (χ1) is 13.5. The predicted octanol–water partition coefficient (Wildman–Crippen LogP) is 3.79. The molecule has 1 N–H and O–H groups in total. The summed E-state index contributed by atoms with van der Waals surface area (Å²) >= 11 is 5.87. The number of nitrogens with one attached hydrogen (secondary N) is 1. The molecule has 1 aliphatic heterocycles. The number of alkyl halides is 1. The second kappa shape index (κ2) is 9.95. The van der Waals surface area contributed by atoms with Crippen molar-refractivity contribution in [2.75, 3.05) is 18.9 Å². The number of nitriles is 1. The van der Waals surface area contributed by atoms with E-state index in [9.17, 15) is 10.1 Å². The molecule has 148 valence electrons. The van der Waals surface area contributed by atoms with Gasteiger partial charge < -0.3 is 10.2 Å². The van der Waals surface area contributed by atoms with Crippen molar-refractivity contribution in [3.05, 3.63) is 69.4 Å². The van der Waals surface area contributed by atoms with E-state index in [1.165, 1.54) is 18.8 Å². The number of rotatable bonds is 4. The maximum Gasteiger partial charge on any atom is 0.286 e. The molecule has 2 aromatic rings. The Morgan fingerprint density at radius 2 is 1.96 bits per heavy atom. The number of nitrogens with zero attached hydrogens (tertiary/aromatic N) is 4. The standard InChI is InChI=1S/C19H20ClN5O.C2H6/c1-24-11-15(14-5-3-13(8-20)4-6-14)7-16(12-24)23-18-10-22-25(2)19(26)17(18)9-21;1-2/h3-6,10,12,15,23H,7-8,11H2,1-2H3;1-2H3/t15-;/m0./s1. The lowest BCUT2D eigenvalue weighted by molar-refractivity contribution is 0.381. The quantitative estimate of drug-likeness (QED) is 0.791. The van der Waals surface area contributed by atoms with Crippen LogP contribution in [0.5, 0.6) is 0 Å². The highest BCUT2D eigenvalue weighted by Gasteiger charge is 2.21. The smallest absolute Gasteiger partial charge is 0.286 e. The summed E-state index contributed by atoms with van der Waals surface area (Å²) < 4.78 is 1.16. The monoisotopic (exact) mass is 399 g/mol. The minimum absolute atomic E-state index is 0.0691. The Kier molecular flexibility index (Phi) is 7.65. The Bertz CT molecular complexity index is 927. The van der Waals surface area contributed by atoms with Crippen LogP contribution in [0.1, 0.15) is 42.9 Å². The van der Waals surface area contributed by atoms with Crippen molar-refractivity contribution >= 4 is 17.3 Å². The molecule has 6 nitrogen and oxygen atoms in total. The molecule has 7 heteroatoms. The highest BCUT2D eigenvalue weighted by Crippen LogP contribution is 2.30. The van der Waals surface area contributed by atoms with E-state index >= 15 is 0 Å². The first-order valence-corrected chi connectivity index (χ1v) is 9.84. The molecule has 0 spiro atoms. The summed E-state index contributed by atoms with van der Waals surface area (Å²) in [6.07, 6.45) is 4.30.